The quantitative estimate of drug-likeness (QED) is 0.676. The third-order valence-electron chi connectivity index (χ3n) is 2.78. The van der Waals surface area contributed by atoms with Crippen molar-refractivity contribution in [3.05, 3.63) is 51.5 Å². The molecule has 0 saturated heterocycles. The fraction of sp³-hybridized carbons (Fsp3) is 0. The molecule has 0 radical (unpaired) electrons. The molecule has 1 amide bonds. The number of thiazole rings is 1. The Hall–Kier alpha value is -1.63. The van der Waals surface area contributed by atoms with Gasteiger partial charge in [0.15, 0.2) is 5.13 Å². The molecule has 0 aliphatic heterocycles. The third-order valence-corrected chi connectivity index (χ3v) is 4.62. The second-order valence-corrected chi connectivity index (χ2v) is 6.57. The lowest BCUT2D eigenvalue weighted by Gasteiger charge is -2.03. The van der Waals surface area contributed by atoms with Gasteiger partial charge in [-0.2, -0.15) is 0 Å². The van der Waals surface area contributed by atoms with Gasteiger partial charge in [-0.1, -0.05) is 22.9 Å². The summed E-state index contributed by atoms with van der Waals surface area (Å²) in [7, 11) is 0. The summed E-state index contributed by atoms with van der Waals surface area (Å²) < 4.78 is 1.44. The van der Waals surface area contributed by atoms with E-state index in [2.05, 4.69) is 26.2 Å². The van der Waals surface area contributed by atoms with Gasteiger partial charge in [-0.15, -0.1) is 0 Å². The fourth-order valence-electron chi connectivity index (χ4n) is 1.78. The smallest absolute Gasteiger partial charge is 0.257 e. The first kappa shape index (κ1) is 14.3. The van der Waals surface area contributed by atoms with Crippen LogP contribution in [0.5, 0.6) is 5.75 Å². The topological polar surface area (TPSA) is 62.2 Å². The van der Waals surface area contributed by atoms with Crippen LogP contribution in [-0.4, -0.2) is 16.0 Å². The molecule has 2 N–H and O–H groups in total. The summed E-state index contributed by atoms with van der Waals surface area (Å²) >= 11 is 10.4. The maximum Gasteiger partial charge on any atom is 0.257 e. The molecule has 0 bridgehead atoms. The Morgan fingerprint density at radius 1 is 1.29 bits per heavy atom. The van der Waals surface area contributed by atoms with Crippen molar-refractivity contribution in [2.24, 2.45) is 0 Å². The van der Waals surface area contributed by atoms with Crippen LogP contribution in [0.3, 0.4) is 0 Å². The number of carbonyl (C=O) groups is 1. The molecule has 2 aromatic carbocycles. The van der Waals surface area contributed by atoms with Crippen molar-refractivity contribution < 1.29 is 9.90 Å². The summed E-state index contributed by atoms with van der Waals surface area (Å²) in [4.78, 5) is 16.4. The van der Waals surface area contributed by atoms with Crippen molar-refractivity contribution in [2.75, 3.05) is 5.32 Å². The number of benzene rings is 2. The average molecular weight is 384 g/mol. The van der Waals surface area contributed by atoms with Gasteiger partial charge in [0.1, 0.15) is 5.75 Å². The van der Waals surface area contributed by atoms with E-state index in [-0.39, 0.29) is 11.7 Å². The first-order chi connectivity index (χ1) is 10.0. The van der Waals surface area contributed by atoms with E-state index in [1.54, 1.807) is 30.3 Å². The van der Waals surface area contributed by atoms with Gasteiger partial charge < -0.3 is 5.11 Å². The molecule has 21 heavy (non-hydrogen) atoms. The largest absolute Gasteiger partial charge is 0.507 e. The van der Waals surface area contributed by atoms with Gasteiger partial charge in [0.25, 0.3) is 5.91 Å². The first-order valence-electron chi connectivity index (χ1n) is 5.89. The molecule has 0 fully saturated rings. The van der Waals surface area contributed by atoms with E-state index in [9.17, 15) is 9.90 Å². The lowest BCUT2D eigenvalue weighted by atomic mass is 10.2. The number of hydrogen-bond acceptors (Lipinski definition) is 4. The number of nitrogens with zero attached hydrogens (tertiary/aromatic N) is 1. The Morgan fingerprint density at radius 2 is 2.10 bits per heavy atom. The van der Waals surface area contributed by atoms with Crippen LogP contribution in [0.15, 0.2) is 40.9 Å². The van der Waals surface area contributed by atoms with E-state index in [1.165, 1.54) is 17.4 Å². The fourth-order valence-corrected chi connectivity index (χ4v) is 3.16. The summed E-state index contributed by atoms with van der Waals surface area (Å²) in [6.45, 7) is 0. The van der Waals surface area contributed by atoms with Gasteiger partial charge in [0.05, 0.1) is 14.7 Å². The van der Waals surface area contributed by atoms with Crippen molar-refractivity contribution in [3.8, 4) is 5.75 Å². The maximum absolute atomic E-state index is 12.1. The van der Waals surface area contributed by atoms with Crippen LogP contribution < -0.4 is 5.32 Å². The first-order valence-corrected chi connectivity index (χ1v) is 7.87. The highest BCUT2D eigenvalue weighted by Gasteiger charge is 2.11. The SMILES string of the molecule is O=C(Nc1nc2ccc(Cl)cc2s1)c1ccc(Br)c(O)c1. The Morgan fingerprint density at radius 3 is 2.86 bits per heavy atom. The molecule has 0 spiro atoms. The molecule has 0 atom stereocenters. The molecular weight excluding hydrogens is 376 g/mol. The predicted octanol–water partition coefficient (Wildman–Crippen LogP) is 4.67. The lowest BCUT2D eigenvalue weighted by molar-refractivity contribution is 0.102. The zero-order valence-electron chi connectivity index (χ0n) is 10.4. The van der Waals surface area contributed by atoms with E-state index in [1.807, 2.05) is 0 Å². The number of halogens is 2. The number of anilines is 1. The number of rotatable bonds is 2. The molecule has 0 aliphatic rings. The van der Waals surface area contributed by atoms with E-state index in [0.717, 1.165) is 10.2 Å². The Labute approximate surface area is 137 Å². The highest BCUT2D eigenvalue weighted by atomic mass is 79.9. The van der Waals surface area contributed by atoms with Gasteiger partial charge in [0, 0.05) is 10.6 Å². The Kier molecular flexibility index (Phi) is 3.84. The molecule has 7 heteroatoms. The van der Waals surface area contributed by atoms with Gasteiger partial charge >= 0.3 is 0 Å². The molecule has 0 aliphatic carbocycles. The minimum atomic E-state index is -0.331. The van der Waals surface area contributed by atoms with E-state index in [4.69, 9.17) is 11.6 Å². The van der Waals surface area contributed by atoms with Crippen molar-refractivity contribution in [3.63, 3.8) is 0 Å². The summed E-state index contributed by atoms with van der Waals surface area (Å²) in [5.41, 5.74) is 1.13. The number of carbonyl (C=O) groups excluding carboxylic acids is 1. The zero-order chi connectivity index (χ0) is 15.0. The monoisotopic (exact) mass is 382 g/mol. The van der Waals surface area contributed by atoms with E-state index >= 15 is 0 Å². The van der Waals surface area contributed by atoms with Crippen molar-refractivity contribution in [1.29, 1.82) is 0 Å². The second kappa shape index (κ2) is 5.63. The van der Waals surface area contributed by atoms with Crippen LogP contribution in [0.25, 0.3) is 10.2 Å². The summed E-state index contributed by atoms with van der Waals surface area (Å²) in [5, 5.41) is 13.4. The number of aromatic hydroxyl groups is 1. The molecule has 4 nitrogen and oxygen atoms in total. The lowest BCUT2D eigenvalue weighted by Crippen LogP contribution is -2.11. The average Bonchev–Trinajstić information content (AvgIpc) is 2.83. The van der Waals surface area contributed by atoms with Crippen LogP contribution in [-0.2, 0) is 0 Å². The van der Waals surface area contributed by atoms with Crippen molar-refractivity contribution >= 4 is 60.1 Å². The molecule has 1 heterocycles. The maximum atomic E-state index is 12.1. The minimum absolute atomic E-state index is 0.0127. The summed E-state index contributed by atoms with van der Waals surface area (Å²) in [6.07, 6.45) is 0. The van der Waals surface area contributed by atoms with Crippen LogP contribution in [0.1, 0.15) is 10.4 Å². The molecule has 0 unspecified atom stereocenters. The van der Waals surface area contributed by atoms with Crippen molar-refractivity contribution in [2.45, 2.75) is 0 Å². The van der Waals surface area contributed by atoms with Gasteiger partial charge in [-0.3, -0.25) is 10.1 Å². The van der Waals surface area contributed by atoms with Crippen LogP contribution in [0.4, 0.5) is 5.13 Å². The number of phenols is 1. The normalized spacial score (nSPS) is 10.8. The number of phenolic OH excluding ortho intramolecular Hbond substituents is 1. The molecule has 106 valence electrons. The predicted molar refractivity (Wildman–Crippen MR) is 88.4 cm³/mol. The summed E-state index contributed by atoms with van der Waals surface area (Å²) in [5.74, 6) is -0.318. The highest BCUT2D eigenvalue weighted by Crippen LogP contribution is 2.29. The highest BCUT2D eigenvalue weighted by molar-refractivity contribution is 9.10. The molecule has 3 aromatic rings. The van der Waals surface area contributed by atoms with Crippen LogP contribution in [0.2, 0.25) is 5.02 Å². The minimum Gasteiger partial charge on any atom is -0.507 e. The summed E-state index contributed by atoms with van der Waals surface area (Å²) in [6, 6.07) is 9.97. The zero-order valence-corrected chi connectivity index (χ0v) is 13.6. The van der Waals surface area contributed by atoms with E-state index in [0.29, 0.717) is 20.2 Å². The second-order valence-electron chi connectivity index (χ2n) is 4.25. The van der Waals surface area contributed by atoms with Crippen LogP contribution >= 0.6 is 38.9 Å². The number of amides is 1. The molecule has 3 rings (SSSR count). The number of aromatic nitrogens is 1. The number of nitrogens with one attached hydrogen (secondary N) is 1. The van der Waals surface area contributed by atoms with Gasteiger partial charge in [0.2, 0.25) is 0 Å². The van der Waals surface area contributed by atoms with Gasteiger partial charge in [-0.25, -0.2) is 4.98 Å². The Balaban J connectivity index is 1.87. The number of fused-ring (bicyclic) bond motifs is 1. The van der Waals surface area contributed by atoms with Crippen LogP contribution in [0, 0.1) is 0 Å². The van der Waals surface area contributed by atoms with E-state index < -0.39 is 0 Å². The molecule has 0 saturated carbocycles. The third kappa shape index (κ3) is 3.02. The molecular formula is C14H8BrClN2O2S. The van der Waals surface area contributed by atoms with Crippen molar-refractivity contribution in [1.82, 2.24) is 4.98 Å². The Bertz CT molecular complexity index is 850. The molecule has 1 aromatic heterocycles. The number of hydrogen-bond donors (Lipinski definition) is 2. The van der Waals surface area contributed by atoms with Gasteiger partial charge in [-0.05, 0) is 52.3 Å². The standard InChI is InChI=1S/C14H8BrClN2O2S/c15-9-3-1-7(5-11(9)19)13(20)18-14-17-10-4-2-8(16)6-12(10)21-14/h1-6,19H,(H,17,18,20).